The summed E-state index contributed by atoms with van der Waals surface area (Å²) in [4.78, 5) is 0. The highest BCUT2D eigenvalue weighted by molar-refractivity contribution is 5.68. The topological polar surface area (TPSA) is 7.76 Å². The van der Waals surface area contributed by atoms with Crippen molar-refractivity contribution in [2.24, 2.45) is 0 Å². The first-order chi connectivity index (χ1) is 9.81. The normalized spacial score (nSPS) is 10.1. The van der Waals surface area contributed by atoms with Crippen molar-refractivity contribution < 1.29 is 33.9 Å². The SMILES string of the molecule is CCC[n+]1ccc(C=Cc2cc[n+](CCC)cc2)cc1.[Cl-].[Cl-]. The molecule has 0 aliphatic rings. The molecule has 0 unspecified atom stereocenters. The molecule has 0 radical (unpaired) electrons. The molecule has 4 heteroatoms. The highest BCUT2D eigenvalue weighted by Crippen LogP contribution is 2.05. The van der Waals surface area contributed by atoms with Crippen LogP contribution in [0.2, 0.25) is 0 Å². The van der Waals surface area contributed by atoms with E-state index in [2.05, 4.69) is 84.2 Å². The highest BCUT2D eigenvalue weighted by atomic mass is 35.5. The Morgan fingerprint density at radius 2 is 1.00 bits per heavy atom. The van der Waals surface area contributed by atoms with Crippen molar-refractivity contribution in [3.05, 3.63) is 60.2 Å². The molecule has 0 atom stereocenters. The maximum atomic E-state index is 2.22. The smallest absolute Gasteiger partial charge is 0.169 e. The molecule has 0 aliphatic carbocycles. The molecule has 22 heavy (non-hydrogen) atoms. The average Bonchev–Trinajstić information content (AvgIpc) is 2.49. The van der Waals surface area contributed by atoms with Crippen LogP contribution in [0.4, 0.5) is 0 Å². The van der Waals surface area contributed by atoms with Crippen molar-refractivity contribution in [1.29, 1.82) is 0 Å². The Balaban J connectivity index is 0.00000220. The largest absolute Gasteiger partial charge is 1.00 e. The second-order valence-electron chi connectivity index (χ2n) is 5.07. The van der Waals surface area contributed by atoms with Gasteiger partial charge in [0.05, 0.1) is 0 Å². The Labute approximate surface area is 146 Å². The molecule has 0 amide bonds. The molecule has 0 N–H and O–H groups in total. The molecular weight excluding hydrogens is 315 g/mol. The van der Waals surface area contributed by atoms with Crippen LogP contribution < -0.4 is 33.9 Å². The minimum atomic E-state index is 0. The lowest BCUT2D eigenvalue weighted by Crippen LogP contribution is -3.00. The number of halogens is 2. The van der Waals surface area contributed by atoms with Gasteiger partial charge in [0, 0.05) is 37.1 Å². The average molecular weight is 339 g/mol. The van der Waals surface area contributed by atoms with Gasteiger partial charge < -0.3 is 24.8 Å². The van der Waals surface area contributed by atoms with E-state index in [4.69, 9.17) is 0 Å². The second-order valence-corrected chi connectivity index (χ2v) is 5.07. The molecule has 0 saturated heterocycles. The molecule has 2 aromatic rings. The van der Waals surface area contributed by atoms with E-state index in [1.807, 2.05) is 0 Å². The minimum Gasteiger partial charge on any atom is -1.00 e. The lowest BCUT2D eigenvalue weighted by atomic mass is 10.2. The predicted molar refractivity (Wildman–Crippen MR) is 82.8 cm³/mol. The molecule has 120 valence electrons. The Kier molecular flexibility index (Phi) is 10.5. The van der Waals surface area contributed by atoms with Crippen molar-refractivity contribution >= 4 is 12.2 Å². The first kappa shape index (κ1) is 20.6. The zero-order chi connectivity index (χ0) is 14.2. The maximum absolute atomic E-state index is 2.22. The van der Waals surface area contributed by atoms with Gasteiger partial charge in [0.25, 0.3) is 0 Å². The molecule has 0 spiro atoms. The Bertz CT molecular complexity index is 497. The van der Waals surface area contributed by atoms with Crippen molar-refractivity contribution in [3.8, 4) is 0 Å². The molecular formula is C18H24Cl2N2. The molecule has 2 rings (SSSR count). The minimum absolute atomic E-state index is 0. The number of nitrogens with zero attached hydrogens (tertiary/aromatic N) is 2. The molecule has 0 aromatic carbocycles. The summed E-state index contributed by atoms with van der Waals surface area (Å²) in [5, 5.41) is 0. The predicted octanol–water partition coefficient (Wildman–Crippen LogP) is -2.74. The van der Waals surface area contributed by atoms with Gasteiger partial charge in [-0.25, -0.2) is 9.13 Å². The number of pyridine rings is 2. The van der Waals surface area contributed by atoms with E-state index < -0.39 is 0 Å². The van der Waals surface area contributed by atoms with Crippen LogP contribution >= 0.6 is 0 Å². The third-order valence-electron chi connectivity index (χ3n) is 3.27. The zero-order valence-electron chi connectivity index (χ0n) is 13.3. The van der Waals surface area contributed by atoms with Crippen molar-refractivity contribution in [2.75, 3.05) is 0 Å². The second kappa shape index (κ2) is 11.2. The standard InChI is InChI=1S/C18H24N2.2ClH/c1-3-11-19-13-7-17(8-14-19)5-6-18-9-15-20(12-4-2)16-10-18;;/h5-10,13-16H,3-4,11-12H2,1-2H3;2*1H/q+2;;/p-2. The molecule has 2 aromatic heterocycles. The fraction of sp³-hybridized carbons (Fsp3) is 0.333. The molecule has 0 fully saturated rings. The molecule has 0 bridgehead atoms. The van der Waals surface area contributed by atoms with Gasteiger partial charge in [0.15, 0.2) is 24.8 Å². The Hall–Kier alpha value is -1.38. The summed E-state index contributed by atoms with van der Waals surface area (Å²) in [6, 6.07) is 8.64. The van der Waals surface area contributed by atoms with Crippen LogP contribution in [-0.4, -0.2) is 0 Å². The van der Waals surface area contributed by atoms with Gasteiger partial charge in [-0.15, -0.1) is 0 Å². The van der Waals surface area contributed by atoms with Gasteiger partial charge >= 0.3 is 0 Å². The lowest BCUT2D eigenvalue weighted by molar-refractivity contribution is -0.697. The summed E-state index contributed by atoms with van der Waals surface area (Å²) in [7, 11) is 0. The fourth-order valence-electron chi connectivity index (χ4n) is 2.17. The fourth-order valence-corrected chi connectivity index (χ4v) is 2.17. The monoisotopic (exact) mass is 338 g/mol. The zero-order valence-corrected chi connectivity index (χ0v) is 14.8. The molecule has 0 aliphatic heterocycles. The number of aryl methyl sites for hydroxylation is 2. The lowest BCUT2D eigenvalue weighted by Gasteiger charge is -1.96. The van der Waals surface area contributed by atoms with E-state index in [9.17, 15) is 0 Å². The highest BCUT2D eigenvalue weighted by Gasteiger charge is 1.98. The third-order valence-corrected chi connectivity index (χ3v) is 3.27. The third kappa shape index (κ3) is 6.59. The van der Waals surface area contributed by atoms with E-state index in [1.165, 1.54) is 24.0 Å². The Morgan fingerprint density at radius 3 is 1.27 bits per heavy atom. The van der Waals surface area contributed by atoms with E-state index in [0.717, 1.165) is 13.1 Å². The van der Waals surface area contributed by atoms with Crippen molar-refractivity contribution in [1.82, 2.24) is 0 Å². The number of aromatic nitrogens is 2. The quantitative estimate of drug-likeness (QED) is 0.505. The number of hydrogen-bond donors (Lipinski definition) is 0. The van der Waals surface area contributed by atoms with Crippen molar-refractivity contribution in [2.45, 2.75) is 39.8 Å². The summed E-state index contributed by atoms with van der Waals surface area (Å²) in [6.07, 6.45) is 15.2. The van der Waals surface area contributed by atoms with Gasteiger partial charge in [-0.1, -0.05) is 26.0 Å². The maximum Gasteiger partial charge on any atom is 0.169 e. The summed E-state index contributed by atoms with van der Waals surface area (Å²) in [5.41, 5.74) is 2.48. The van der Waals surface area contributed by atoms with E-state index in [-0.39, 0.29) is 24.8 Å². The number of rotatable bonds is 6. The van der Waals surface area contributed by atoms with Gasteiger partial charge in [-0.3, -0.25) is 0 Å². The van der Waals surface area contributed by atoms with Crippen LogP contribution in [0.3, 0.4) is 0 Å². The first-order valence-corrected chi connectivity index (χ1v) is 7.48. The molecule has 2 heterocycles. The van der Waals surface area contributed by atoms with Crippen LogP contribution in [0.5, 0.6) is 0 Å². The van der Waals surface area contributed by atoms with Crippen molar-refractivity contribution in [3.63, 3.8) is 0 Å². The van der Waals surface area contributed by atoms with E-state index >= 15 is 0 Å². The summed E-state index contributed by atoms with van der Waals surface area (Å²) in [6.45, 7) is 6.56. The Morgan fingerprint density at radius 1 is 0.682 bits per heavy atom. The first-order valence-electron chi connectivity index (χ1n) is 7.48. The summed E-state index contributed by atoms with van der Waals surface area (Å²) >= 11 is 0. The van der Waals surface area contributed by atoms with Crippen LogP contribution in [-0.2, 0) is 13.1 Å². The molecule has 0 saturated carbocycles. The van der Waals surface area contributed by atoms with Gasteiger partial charge in [-0.2, -0.15) is 0 Å². The van der Waals surface area contributed by atoms with Crippen LogP contribution in [0.25, 0.3) is 12.2 Å². The van der Waals surface area contributed by atoms with Gasteiger partial charge in [-0.05, 0) is 11.1 Å². The number of hydrogen-bond acceptors (Lipinski definition) is 0. The van der Waals surface area contributed by atoms with E-state index in [1.54, 1.807) is 0 Å². The summed E-state index contributed by atoms with van der Waals surface area (Å²) in [5.74, 6) is 0. The van der Waals surface area contributed by atoms with Crippen LogP contribution in [0, 0.1) is 0 Å². The summed E-state index contributed by atoms with van der Waals surface area (Å²) < 4.78 is 4.43. The van der Waals surface area contributed by atoms with Crippen LogP contribution in [0.1, 0.15) is 37.8 Å². The molecule has 2 nitrogen and oxygen atoms in total. The van der Waals surface area contributed by atoms with Gasteiger partial charge in [0.1, 0.15) is 13.1 Å². The van der Waals surface area contributed by atoms with Gasteiger partial charge in [0.2, 0.25) is 0 Å². The van der Waals surface area contributed by atoms with E-state index in [0.29, 0.717) is 0 Å². The van der Waals surface area contributed by atoms with Crippen LogP contribution in [0.15, 0.2) is 49.1 Å².